The molecule has 1 unspecified atom stereocenters. The molecule has 0 rings (SSSR count). The highest BCUT2D eigenvalue weighted by molar-refractivity contribution is 5.71. The van der Waals surface area contributed by atoms with Gasteiger partial charge in [0.2, 0.25) is 0 Å². The molecule has 0 aromatic carbocycles. The minimum absolute atomic E-state index is 0.0999. The molecule has 0 N–H and O–H groups in total. The van der Waals surface area contributed by atoms with E-state index < -0.39 is 6.10 Å². The highest BCUT2D eigenvalue weighted by Crippen LogP contribution is 2.15. The smallest absolute Gasteiger partial charge is 0.306 e. The Hall–Kier alpha value is -3.67. The molecule has 0 radical (unpaired) electrons. The van der Waals surface area contributed by atoms with Crippen LogP contribution in [0.2, 0.25) is 0 Å². The Morgan fingerprint density at radius 2 is 0.600 bits per heavy atom. The Bertz CT molecular complexity index is 1310. The van der Waals surface area contributed by atoms with E-state index in [4.69, 9.17) is 14.2 Å². The van der Waals surface area contributed by atoms with Crippen molar-refractivity contribution in [2.45, 2.75) is 245 Å². The standard InChI is InChI=1S/C59H98O6/c1-4-7-10-13-16-19-22-25-28-31-34-37-40-43-46-49-52-58(61)64-55-56(54-63-57(60)51-48-45-42-39-36-33-30-27-24-21-18-15-12-9-6-3)65-59(62)53-50-47-44-41-38-35-32-29-26-23-20-17-14-11-8-5-2/h7-8,10-11,16-17,19-20,25-26,28-29,34-35,37-38,56H,4-6,9,12-15,18,21-24,27,30-33,36,39-55H2,1-3H3/b10-7-,11-8-,19-16-,20-17-,28-25-,29-26-,37-34-,38-35-. The van der Waals surface area contributed by atoms with E-state index in [1.165, 1.54) is 77.0 Å². The van der Waals surface area contributed by atoms with Crippen molar-refractivity contribution < 1.29 is 28.6 Å². The molecule has 0 aliphatic carbocycles. The number of allylic oxidation sites excluding steroid dienone is 16. The quantitative estimate of drug-likeness (QED) is 0.0262. The average molecular weight is 903 g/mol. The molecule has 0 saturated carbocycles. The lowest BCUT2D eigenvalue weighted by Crippen LogP contribution is -2.30. The zero-order valence-corrected chi connectivity index (χ0v) is 42.2. The molecule has 6 heteroatoms. The maximum absolute atomic E-state index is 12.8. The number of carbonyl (C=O) groups is 3. The van der Waals surface area contributed by atoms with Crippen LogP contribution in [0.1, 0.15) is 239 Å². The van der Waals surface area contributed by atoms with Crippen molar-refractivity contribution in [3.05, 3.63) is 97.2 Å². The lowest BCUT2D eigenvalue weighted by atomic mass is 10.0. The van der Waals surface area contributed by atoms with E-state index in [-0.39, 0.29) is 37.5 Å². The highest BCUT2D eigenvalue weighted by Gasteiger charge is 2.19. The van der Waals surface area contributed by atoms with Crippen LogP contribution in [0.15, 0.2) is 97.2 Å². The Morgan fingerprint density at radius 3 is 0.938 bits per heavy atom. The molecule has 0 heterocycles. The van der Waals surface area contributed by atoms with Gasteiger partial charge in [-0.15, -0.1) is 0 Å². The molecule has 0 bridgehead atoms. The van der Waals surface area contributed by atoms with Crippen LogP contribution < -0.4 is 0 Å². The summed E-state index contributed by atoms with van der Waals surface area (Å²) in [4.78, 5) is 38.0. The SMILES string of the molecule is CC/C=C\C/C=C\C/C=C\C/C=C\CCCCCC(=O)OCC(COC(=O)CCCCCCCCCCCCCCCCC)OC(=O)CCCCC/C=C\C/C=C\C/C=C\C/C=C\CC. The maximum atomic E-state index is 12.8. The zero-order valence-electron chi connectivity index (χ0n) is 42.2. The van der Waals surface area contributed by atoms with Crippen LogP contribution in [0, 0.1) is 0 Å². The monoisotopic (exact) mass is 903 g/mol. The summed E-state index contributed by atoms with van der Waals surface area (Å²) in [6, 6.07) is 0. The van der Waals surface area contributed by atoms with Crippen LogP contribution >= 0.6 is 0 Å². The molecular weight excluding hydrogens is 805 g/mol. The fourth-order valence-electron chi connectivity index (χ4n) is 7.13. The fraction of sp³-hybridized carbons (Fsp3) is 0.678. The molecule has 0 aromatic heterocycles. The molecule has 0 saturated heterocycles. The fourth-order valence-corrected chi connectivity index (χ4v) is 7.13. The number of hydrogen-bond donors (Lipinski definition) is 0. The summed E-state index contributed by atoms with van der Waals surface area (Å²) in [5.74, 6) is -0.963. The second kappa shape index (κ2) is 52.9. The highest BCUT2D eigenvalue weighted by atomic mass is 16.6. The van der Waals surface area contributed by atoms with E-state index in [0.717, 1.165) is 122 Å². The molecule has 65 heavy (non-hydrogen) atoms. The third-order valence-electron chi connectivity index (χ3n) is 11.1. The van der Waals surface area contributed by atoms with Crippen molar-refractivity contribution in [3.63, 3.8) is 0 Å². The van der Waals surface area contributed by atoms with Crippen molar-refractivity contribution in [1.82, 2.24) is 0 Å². The van der Waals surface area contributed by atoms with Gasteiger partial charge in [0, 0.05) is 19.3 Å². The summed E-state index contributed by atoms with van der Waals surface area (Å²) in [7, 11) is 0. The van der Waals surface area contributed by atoms with Crippen LogP contribution in [0.4, 0.5) is 0 Å². The summed E-state index contributed by atoms with van der Waals surface area (Å²) in [6.45, 7) is 6.36. The summed E-state index contributed by atoms with van der Waals surface area (Å²) in [5.41, 5.74) is 0. The lowest BCUT2D eigenvalue weighted by molar-refractivity contribution is -0.167. The second-order valence-electron chi connectivity index (χ2n) is 17.4. The molecule has 0 amide bonds. The summed E-state index contributed by atoms with van der Waals surface area (Å²) in [5, 5.41) is 0. The first kappa shape index (κ1) is 61.3. The van der Waals surface area contributed by atoms with Gasteiger partial charge >= 0.3 is 17.9 Å². The van der Waals surface area contributed by atoms with Crippen LogP contribution in [0.3, 0.4) is 0 Å². The predicted molar refractivity (Wildman–Crippen MR) is 279 cm³/mol. The minimum Gasteiger partial charge on any atom is -0.462 e. The van der Waals surface area contributed by atoms with E-state index in [1.807, 2.05) is 0 Å². The number of rotatable bonds is 47. The van der Waals surface area contributed by atoms with E-state index in [1.54, 1.807) is 0 Å². The largest absolute Gasteiger partial charge is 0.462 e. The van der Waals surface area contributed by atoms with Gasteiger partial charge in [-0.3, -0.25) is 14.4 Å². The van der Waals surface area contributed by atoms with Gasteiger partial charge in [0.1, 0.15) is 13.2 Å². The first-order chi connectivity index (χ1) is 32.0. The van der Waals surface area contributed by atoms with Crippen molar-refractivity contribution in [1.29, 1.82) is 0 Å². The average Bonchev–Trinajstić information content (AvgIpc) is 3.30. The molecule has 0 aliphatic heterocycles. The van der Waals surface area contributed by atoms with Gasteiger partial charge in [0.05, 0.1) is 0 Å². The lowest BCUT2D eigenvalue weighted by Gasteiger charge is -2.18. The third kappa shape index (κ3) is 51.2. The van der Waals surface area contributed by atoms with Crippen molar-refractivity contribution in [2.24, 2.45) is 0 Å². The molecule has 6 nitrogen and oxygen atoms in total. The number of unbranched alkanes of at least 4 members (excludes halogenated alkanes) is 20. The number of ether oxygens (including phenoxy) is 3. The molecule has 370 valence electrons. The van der Waals surface area contributed by atoms with Gasteiger partial charge in [-0.1, -0.05) is 221 Å². The molecule has 1 atom stereocenters. The van der Waals surface area contributed by atoms with Gasteiger partial charge in [-0.05, 0) is 96.3 Å². The first-order valence-corrected chi connectivity index (χ1v) is 26.7. The van der Waals surface area contributed by atoms with Crippen LogP contribution in [-0.2, 0) is 28.6 Å². The molecule has 0 fully saturated rings. The van der Waals surface area contributed by atoms with Crippen LogP contribution in [0.5, 0.6) is 0 Å². The first-order valence-electron chi connectivity index (χ1n) is 26.7. The summed E-state index contributed by atoms with van der Waals surface area (Å²) < 4.78 is 16.8. The number of esters is 3. The number of hydrogen-bond acceptors (Lipinski definition) is 6. The van der Waals surface area contributed by atoms with Crippen LogP contribution in [0.25, 0.3) is 0 Å². The van der Waals surface area contributed by atoms with Gasteiger partial charge in [-0.25, -0.2) is 0 Å². The van der Waals surface area contributed by atoms with Crippen molar-refractivity contribution in [3.8, 4) is 0 Å². The van der Waals surface area contributed by atoms with E-state index in [9.17, 15) is 14.4 Å². The summed E-state index contributed by atoms with van der Waals surface area (Å²) >= 11 is 0. The van der Waals surface area contributed by atoms with Crippen molar-refractivity contribution in [2.75, 3.05) is 13.2 Å². The zero-order chi connectivity index (χ0) is 47.2. The summed E-state index contributed by atoms with van der Waals surface area (Å²) in [6.07, 6.45) is 69.6. The Balaban J connectivity index is 4.50. The van der Waals surface area contributed by atoms with Gasteiger partial charge in [0.15, 0.2) is 6.10 Å². The van der Waals surface area contributed by atoms with E-state index >= 15 is 0 Å². The minimum atomic E-state index is -0.806. The normalized spacial score (nSPS) is 12.8. The van der Waals surface area contributed by atoms with Gasteiger partial charge in [0.25, 0.3) is 0 Å². The van der Waals surface area contributed by atoms with E-state index in [2.05, 4.69) is 118 Å². The topological polar surface area (TPSA) is 78.9 Å². The van der Waals surface area contributed by atoms with Crippen molar-refractivity contribution >= 4 is 17.9 Å². The van der Waals surface area contributed by atoms with E-state index in [0.29, 0.717) is 12.8 Å². The molecule has 0 aromatic rings. The Morgan fingerprint density at radius 1 is 0.323 bits per heavy atom. The maximum Gasteiger partial charge on any atom is 0.306 e. The molecule has 0 aliphatic rings. The Labute approximate surface area is 400 Å². The van der Waals surface area contributed by atoms with Gasteiger partial charge in [-0.2, -0.15) is 0 Å². The second-order valence-corrected chi connectivity index (χ2v) is 17.4. The Kier molecular flexibility index (Phi) is 50.0. The molecular formula is C59H98O6. The third-order valence-corrected chi connectivity index (χ3v) is 11.1. The molecule has 0 spiro atoms. The van der Waals surface area contributed by atoms with Gasteiger partial charge < -0.3 is 14.2 Å². The van der Waals surface area contributed by atoms with Crippen LogP contribution in [-0.4, -0.2) is 37.2 Å². The number of carbonyl (C=O) groups excluding carboxylic acids is 3. The predicted octanol–water partition coefficient (Wildman–Crippen LogP) is 17.8.